The fraction of sp³-hybridized carbons (Fsp3) is 0.429. The second kappa shape index (κ2) is 8.57. The fourth-order valence-corrected chi connectivity index (χ4v) is 3.79. The van der Waals surface area contributed by atoms with Crippen molar-refractivity contribution in [3.63, 3.8) is 0 Å². The zero-order valence-electron chi connectivity index (χ0n) is 15.7. The molecule has 1 N–H and O–H groups in total. The Hall–Kier alpha value is -2.34. The van der Waals surface area contributed by atoms with Gasteiger partial charge in [-0.1, -0.05) is 19.1 Å². The number of nitrogens with one attached hydrogen (secondary N) is 1. The number of hydrogen-bond acceptors (Lipinski definition) is 3. The lowest BCUT2D eigenvalue weighted by molar-refractivity contribution is -0.121. The van der Waals surface area contributed by atoms with Crippen LogP contribution in [0, 0.1) is 24.5 Å². The third kappa shape index (κ3) is 4.50. The molecule has 2 aromatic rings. The SMILES string of the molecule is CC[C@@H](c1ccc(F)cc1F)N1CCC[C@H](C(=O)Nc2ncccc2C)C1. The first-order valence-electron chi connectivity index (χ1n) is 9.41. The topological polar surface area (TPSA) is 45.2 Å². The number of hydrogen-bond donors (Lipinski definition) is 1. The molecule has 1 aliphatic heterocycles. The number of rotatable bonds is 5. The van der Waals surface area contributed by atoms with E-state index in [2.05, 4.69) is 15.2 Å². The fourth-order valence-electron chi connectivity index (χ4n) is 3.79. The number of carbonyl (C=O) groups is 1. The first-order chi connectivity index (χ1) is 13.0. The van der Waals surface area contributed by atoms with Gasteiger partial charge < -0.3 is 5.32 Å². The van der Waals surface area contributed by atoms with Gasteiger partial charge in [0.15, 0.2) is 0 Å². The highest BCUT2D eigenvalue weighted by Crippen LogP contribution is 2.31. The van der Waals surface area contributed by atoms with Crippen LogP contribution in [-0.4, -0.2) is 28.9 Å². The zero-order chi connectivity index (χ0) is 19.4. The molecule has 27 heavy (non-hydrogen) atoms. The quantitative estimate of drug-likeness (QED) is 0.841. The molecule has 1 fully saturated rings. The summed E-state index contributed by atoms with van der Waals surface area (Å²) in [5, 5.41) is 2.92. The van der Waals surface area contributed by atoms with E-state index >= 15 is 0 Å². The monoisotopic (exact) mass is 373 g/mol. The van der Waals surface area contributed by atoms with E-state index < -0.39 is 11.6 Å². The highest BCUT2D eigenvalue weighted by molar-refractivity contribution is 5.92. The Morgan fingerprint density at radius 1 is 1.37 bits per heavy atom. The number of anilines is 1. The number of halogens is 2. The number of benzene rings is 1. The molecule has 1 aromatic carbocycles. The van der Waals surface area contributed by atoms with Gasteiger partial charge in [-0.3, -0.25) is 9.69 Å². The van der Waals surface area contributed by atoms with Gasteiger partial charge in [0.1, 0.15) is 17.5 Å². The van der Waals surface area contributed by atoms with Crippen LogP contribution < -0.4 is 5.32 Å². The van der Waals surface area contributed by atoms with E-state index in [-0.39, 0.29) is 17.9 Å². The highest BCUT2D eigenvalue weighted by atomic mass is 19.1. The third-order valence-corrected chi connectivity index (χ3v) is 5.22. The number of pyridine rings is 1. The lowest BCUT2D eigenvalue weighted by Gasteiger charge is -2.37. The van der Waals surface area contributed by atoms with Crippen LogP contribution in [0.1, 0.15) is 43.4 Å². The molecule has 0 unspecified atom stereocenters. The van der Waals surface area contributed by atoms with Crippen molar-refractivity contribution in [2.75, 3.05) is 18.4 Å². The van der Waals surface area contributed by atoms with Crippen LogP contribution in [0.2, 0.25) is 0 Å². The van der Waals surface area contributed by atoms with Gasteiger partial charge in [-0.25, -0.2) is 13.8 Å². The molecule has 1 amide bonds. The smallest absolute Gasteiger partial charge is 0.229 e. The Kier molecular flexibility index (Phi) is 6.16. The molecule has 0 saturated carbocycles. The summed E-state index contributed by atoms with van der Waals surface area (Å²) in [7, 11) is 0. The number of carbonyl (C=O) groups excluding carboxylic acids is 1. The van der Waals surface area contributed by atoms with Gasteiger partial charge in [-0.05, 0) is 50.4 Å². The van der Waals surface area contributed by atoms with E-state index in [9.17, 15) is 13.6 Å². The third-order valence-electron chi connectivity index (χ3n) is 5.22. The lowest BCUT2D eigenvalue weighted by atomic mass is 9.93. The lowest BCUT2D eigenvalue weighted by Crippen LogP contribution is -2.42. The molecule has 6 heteroatoms. The molecule has 2 heterocycles. The van der Waals surface area contributed by atoms with Gasteiger partial charge in [0.05, 0.1) is 5.92 Å². The molecule has 1 aliphatic rings. The minimum Gasteiger partial charge on any atom is -0.310 e. The Bertz CT molecular complexity index is 812. The van der Waals surface area contributed by atoms with Crippen molar-refractivity contribution in [3.05, 3.63) is 59.3 Å². The number of piperidine rings is 1. The normalized spacial score (nSPS) is 18.9. The van der Waals surface area contributed by atoms with Crippen LogP contribution in [-0.2, 0) is 4.79 Å². The minimum absolute atomic E-state index is 0.0593. The summed E-state index contributed by atoms with van der Waals surface area (Å²) in [6.07, 6.45) is 3.99. The van der Waals surface area contributed by atoms with Crippen LogP contribution in [0.4, 0.5) is 14.6 Å². The molecule has 1 saturated heterocycles. The van der Waals surface area contributed by atoms with Crippen LogP contribution in [0.5, 0.6) is 0 Å². The highest BCUT2D eigenvalue weighted by Gasteiger charge is 2.31. The molecule has 1 aromatic heterocycles. The summed E-state index contributed by atoms with van der Waals surface area (Å²) in [4.78, 5) is 19.1. The molecule has 0 spiro atoms. The van der Waals surface area contributed by atoms with Crippen LogP contribution in [0.15, 0.2) is 36.5 Å². The molecule has 0 radical (unpaired) electrons. The van der Waals surface area contributed by atoms with E-state index in [1.165, 1.54) is 12.1 Å². The van der Waals surface area contributed by atoms with Gasteiger partial charge in [0, 0.05) is 30.4 Å². The van der Waals surface area contributed by atoms with Crippen LogP contribution in [0.25, 0.3) is 0 Å². The first kappa shape index (κ1) is 19.4. The second-order valence-electron chi connectivity index (χ2n) is 7.08. The maximum Gasteiger partial charge on any atom is 0.229 e. The van der Waals surface area contributed by atoms with Crippen molar-refractivity contribution < 1.29 is 13.6 Å². The number of aryl methyl sites for hydroxylation is 1. The van der Waals surface area contributed by atoms with Crippen molar-refractivity contribution in [2.24, 2.45) is 5.92 Å². The van der Waals surface area contributed by atoms with Crippen molar-refractivity contribution in [1.29, 1.82) is 0 Å². The maximum absolute atomic E-state index is 14.3. The number of likely N-dealkylation sites (tertiary alicyclic amines) is 1. The van der Waals surface area contributed by atoms with E-state index in [1.54, 1.807) is 6.20 Å². The molecule has 2 atom stereocenters. The van der Waals surface area contributed by atoms with Crippen LogP contribution in [0.3, 0.4) is 0 Å². The maximum atomic E-state index is 14.3. The predicted molar refractivity (Wildman–Crippen MR) is 101 cm³/mol. The molecular formula is C21H25F2N3O. The summed E-state index contributed by atoms with van der Waals surface area (Å²) < 4.78 is 27.5. The summed E-state index contributed by atoms with van der Waals surface area (Å²) in [6, 6.07) is 7.30. The summed E-state index contributed by atoms with van der Waals surface area (Å²) in [5.41, 5.74) is 1.40. The Morgan fingerprint density at radius 2 is 2.19 bits per heavy atom. The molecule has 144 valence electrons. The van der Waals surface area contributed by atoms with Gasteiger partial charge in [0.25, 0.3) is 0 Å². The summed E-state index contributed by atoms with van der Waals surface area (Å²) in [5.74, 6) is -0.768. The Morgan fingerprint density at radius 3 is 2.89 bits per heavy atom. The first-order valence-corrected chi connectivity index (χ1v) is 9.41. The van der Waals surface area contributed by atoms with Crippen molar-refractivity contribution in [1.82, 2.24) is 9.88 Å². The van der Waals surface area contributed by atoms with Crippen molar-refractivity contribution in [3.8, 4) is 0 Å². The van der Waals surface area contributed by atoms with Gasteiger partial charge in [-0.15, -0.1) is 0 Å². The van der Waals surface area contributed by atoms with E-state index in [0.717, 1.165) is 31.0 Å². The largest absolute Gasteiger partial charge is 0.310 e. The van der Waals surface area contributed by atoms with Gasteiger partial charge >= 0.3 is 0 Å². The Labute approximate surface area is 158 Å². The summed E-state index contributed by atoms with van der Waals surface area (Å²) in [6.45, 7) is 5.23. The Balaban J connectivity index is 1.72. The average Bonchev–Trinajstić information content (AvgIpc) is 2.66. The van der Waals surface area contributed by atoms with E-state index in [4.69, 9.17) is 0 Å². The minimum atomic E-state index is -0.576. The molecule has 4 nitrogen and oxygen atoms in total. The van der Waals surface area contributed by atoms with Gasteiger partial charge in [0.2, 0.25) is 5.91 Å². The molecular weight excluding hydrogens is 348 g/mol. The zero-order valence-corrected chi connectivity index (χ0v) is 15.7. The van der Waals surface area contributed by atoms with Crippen molar-refractivity contribution in [2.45, 2.75) is 39.2 Å². The standard InChI is InChI=1S/C21H25F2N3O/c1-3-19(17-9-8-16(22)12-18(17)23)26-11-5-7-15(13-26)21(27)25-20-14(2)6-4-10-24-20/h4,6,8-10,12,15,19H,3,5,7,11,13H2,1-2H3,(H,24,25,27)/t15-,19-/m0/s1. The molecule has 3 rings (SSSR count). The van der Waals surface area contributed by atoms with Gasteiger partial charge in [-0.2, -0.15) is 0 Å². The predicted octanol–water partition coefficient (Wildman–Crippen LogP) is 4.47. The number of aromatic nitrogens is 1. The van der Waals surface area contributed by atoms with Crippen LogP contribution >= 0.6 is 0 Å². The summed E-state index contributed by atoms with van der Waals surface area (Å²) >= 11 is 0. The van der Waals surface area contributed by atoms with Crippen molar-refractivity contribution >= 4 is 11.7 Å². The molecule has 0 bridgehead atoms. The number of nitrogens with zero attached hydrogens (tertiary/aromatic N) is 2. The van der Waals surface area contributed by atoms with E-state index in [0.29, 0.717) is 24.3 Å². The van der Waals surface area contributed by atoms with E-state index in [1.807, 2.05) is 26.0 Å². The second-order valence-corrected chi connectivity index (χ2v) is 7.08. The molecule has 0 aliphatic carbocycles. The number of amides is 1. The average molecular weight is 373 g/mol.